The van der Waals surface area contributed by atoms with E-state index >= 15 is 0 Å². The number of aliphatic hydroxyl groups is 1. The van der Waals surface area contributed by atoms with Gasteiger partial charge in [0, 0.05) is 29.9 Å². The summed E-state index contributed by atoms with van der Waals surface area (Å²) in [6.45, 7) is 0.628. The Balaban J connectivity index is 1.26. The lowest BCUT2D eigenvalue weighted by Crippen LogP contribution is -2.39. The number of halogens is 1. The van der Waals surface area contributed by atoms with E-state index in [4.69, 9.17) is 25.1 Å². The Labute approximate surface area is 201 Å². The lowest BCUT2D eigenvalue weighted by molar-refractivity contribution is -0.159. The molecular formula is C28H22FNO5. The van der Waals surface area contributed by atoms with Crippen LogP contribution in [0.1, 0.15) is 29.7 Å². The number of ether oxygens (including phenoxy) is 3. The zero-order valence-corrected chi connectivity index (χ0v) is 18.7. The Morgan fingerprint density at radius 1 is 1.17 bits per heavy atom. The van der Waals surface area contributed by atoms with Crippen LogP contribution in [0, 0.1) is 18.2 Å². The molecular weight excluding hydrogens is 449 g/mol. The molecule has 176 valence electrons. The van der Waals surface area contributed by atoms with Crippen LogP contribution in [0.25, 0.3) is 22.0 Å². The maximum atomic E-state index is 14.5. The number of fused-ring (bicyclic) bond motifs is 3. The SMILES string of the molecule is C#Cc1cc(-c2ccoc2)c2ccc(COc3cc(F)cc(C4(O)CC5COC(C4)O5)c3)cc2n1. The molecule has 2 aliphatic rings. The zero-order chi connectivity index (χ0) is 24.0. The van der Waals surface area contributed by atoms with Crippen LogP contribution >= 0.6 is 0 Å². The molecule has 2 aromatic carbocycles. The molecule has 7 heteroatoms. The molecule has 4 heterocycles. The summed E-state index contributed by atoms with van der Waals surface area (Å²) in [6.07, 6.45) is 8.82. The molecule has 2 bridgehead atoms. The number of aromatic nitrogens is 1. The molecule has 3 atom stereocenters. The quantitative estimate of drug-likeness (QED) is 0.417. The van der Waals surface area contributed by atoms with Crippen molar-refractivity contribution < 1.29 is 28.1 Å². The molecule has 35 heavy (non-hydrogen) atoms. The summed E-state index contributed by atoms with van der Waals surface area (Å²) in [5, 5.41) is 12.1. The molecule has 0 radical (unpaired) electrons. The average Bonchev–Trinajstić information content (AvgIpc) is 3.51. The van der Waals surface area contributed by atoms with Crippen molar-refractivity contribution >= 4 is 10.9 Å². The zero-order valence-electron chi connectivity index (χ0n) is 18.7. The van der Waals surface area contributed by atoms with Crippen LogP contribution in [0.5, 0.6) is 5.75 Å². The Bertz CT molecular complexity index is 1430. The van der Waals surface area contributed by atoms with Crippen molar-refractivity contribution in [1.82, 2.24) is 4.98 Å². The smallest absolute Gasteiger partial charge is 0.161 e. The van der Waals surface area contributed by atoms with E-state index in [1.165, 1.54) is 12.1 Å². The third-order valence-corrected chi connectivity index (χ3v) is 6.55. The van der Waals surface area contributed by atoms with Crippen LogP contribution in [0.2, 0.25) is 0 Å². The van der Waals surface area contributed by atoms with Gasteiger partial charge >= 0.3 is 0 Å². The number of furan rings is 1. The van der Waals surface area contributed by atoms with Crippen LogP contribution in [0.3, 0.4) is 0 Å². The highest BCUT2D eigenvalue weighted by atomic mass is 19.1. The van der Waals surface area contributed by atoms with Crippen LogP contribution in [-0.2, 0) is 21.7 Å². The highest BCUT2D eigenvalue weighted by molar-refractivity contribution is 5.95. The van der Waals surface area contributed by atoms with Gasteiger partial charge in [-0.2, -0.15) is 0 Å². The molecule has 1 N–H and O–H groups in total. The van der Waals surface area contributed by atoms with E-state index < -0.39 is 17.7 Å². The molecule has 4 aromatic rings. The van der Waals surface area contributed by atoms with E-state index in [1.807, 2.05) is 30.3 Å². The van der Waals surface area contributed by atoms with Gasteiger partial charge < -0.3 is 23.7 Å². The Morgan fingerprint density at radius 3 is 2.89 bits per heavy atom. The van der Waals surface area contributed by atoms with Crippen molar-refractivity contribution in [2.24, 2.45) is 0 Å². The molecule has 2 saturated heterocycles. The monoisotopic (exact) mass is 471 g/mol. The van der Waals surface area contributed by atoms with Gasteiger partial charge in [0.05, 0.1) is 36.4 Å². The van der Waals surface area contributed by atoms with Gasteiger partial charge in [-0.3, -0.25) is 0 Å². The molecule has 0 spiro atoms. The van der Waals surface area contributed by atoms with Crippen molar-refractivity contribution in [3.05, 3.63) is 83.7 Å². The largest absolute Gasteiger partial charge is 0.489 e. The van der Waals surface area contributed by atoms with E-state index in [0.717, 1.165) is 27.6 Å². The normalized spacial score (nSPS) is 23.3. The van der Waals surface area contributed by atoms with E-state index in [9.17, 15) is 9.50 Å². The average molecular weight is 471 g/mol. The first kappa shape index (κ1) is 21.8. The first-order valence-electron chi connectivity index (χ1n) is 11.4. The fourth-order valence-electron chi connectivity index (χ4n) is 4.87. The Morgan fingerprint density at radius 2 is 2.09 bits per heavy atom. The van der Waals surface area contributed by atoms with Gasteiger partial charge in [-0.15, -0.1) is 6.42 Å². The fourth-order valence-corrected chi connectivity index (χ4v) is 4.87. The van der Waals surface area contributed by atoms with Gasteiger partial charge in [0.1, 0.15) is 23.9 Å². The summed E-state index contributed by atoms with van der Waals surface area (Å²) >= 11 is 0. The second-order valence-corrected chi connectivity index (χ2v) is 8.99. The van der Waals surface area contributed by atoms with Crippen LogP contribution in [-0.4, -0.2) is 29.1 Å². The minimum atomic E-state index is -1.23. The van der Waals surface area contributed by atoms with Crippen molar-refractivity contribution in [2.75, 3.05) is 6.61 Å². The van der Waals surface area contributed by atoms with Gasteiger partial charge in [-0.1, -0.05) is 18.1 Å². The van der Waals surface area contributed by atoms with Gasteiger partial charge in [0.25, 0.3) is 0 Å². The van der Waals surface area contributed by atoms with E-state index in [-0.39, 0.29) is 19.1 Å². The number of benzene rings is 2. The number of hydrogen-bond donors (Lipinski definition) is 1. The Hall–Kier alpha value is -3.70. The second kappa shape index (κ2) is 8.51. The maximum absolute atomic E-state index is 14.5. The first-order valence-corrected chi connectivity index (χ1v) is 11.4. The Kier molecular flexibility index (Phi) is 5.30. The van der Waals surface area contributed by atoms with Crippen molar-refractivity contribution in [3.63, 3.8) is 0 Å². The molecule has 6 nitrogen and oxygen atoms in total. The minimum absolute atomic E-state index is 0.192. The van der Waals surface area contributed by atoms with Crippen molar-refractivity contribution in [2.45, 2.75) is 37.4 Å². The maximum Gasteiger partial charge on any atom is 0.161 e. The lowest BCUT2D eigenvalue weighted by atomic mass is 9.84. The summed E-state index contributed by atoms with van der Waals surface area (Å²) in [5.41, 5.74) is 3.16. The van der Waals surface area contributed by atoms with Crippen molar-refractivity contribution in [3.8, 4) is 29.2 Å². The molecule has 6 rings (SSSR count). The number of nitrogens with zero attached hydrogens (tertiary/aromatic N) is 1. The van der Waals surface area contributed by atoms with Gasteiger partial charge in [0.15, 0.2) is 6.29 Å². The number of terminal acetylenes is 1. The van der Waals surface area contributed by atoms with Gasteiger partial charge in [-0.05, 0) is 47.0 Å². The molecule has 0 aliphatic carbocycles. The molecule has 0 amide bonds. The topological polar surface area (TPSA) is 74.0 Å². The number of rotatable bonds is 5. The van der Waals surface area contributed by atoms with E-state index in [1.54, 1.807) is 18.6 Å². The number of hydrogen-bond acceptors (Lipinski definition) is 6. The van der Waals surface area contributed by atoms with Crippen LogP contribution in [0.15, 0.2) is 65.5 Å². The van der Waals surface area contributed by atoms with Crippen LogP contribution in [0.4, 0.5) is 4.39 Å². The molecule has 2 aromatic heterocycles. The lowest BCUT2D eigenvalue weighted by Gasteiger charge is -2.35. The molecule has 2 aliphatic heterocycles. The summed E-state index contributed by atoms with van der Waals surface area (Å²) in [7, 11) is 0. The highest BCUT2D eigenvalue weighted by Gasteiger charge is 2.46. The predicted octanol–water partition coefficient (Wildman–Crippen LogP) is 4.92. The van der Waals surface area contributed by atoms with Gasteiger partial charge in [-0.25, -0.2) is 9.37 Å². The number of pyridine rings is 1. The fraction of sp³-hybridized carbons (Fsp3) is 0.250. The third-order valence-electron chi connectivity index (χ3n) is 6.55. The standard InChI is InChI=1S/C28H22FNO5/c1-2-21-11-25(18-5-6-32-15-18)24-4-3-17(7-26(24)30-21)14-33-22-9-19(8-20(29)10-22)28(31)12-23-16-34-27(13-28)35-23/h1,3-11,15,23,27,31H,12-14,16H2. The predicted molar refractivity (Wildman–Crippen MR) is 126 cm³/mol. The molecule has 0 saturated carbocycles. The van der Waals surface area contributed by atoms with Crippen molar-refractivity contribution in [1.29, 1.82) is 0 Å². The van der Waals surface area contributed by atoms with Crippen LogP contribution < -0.4 is 4.74 Å². The summed E-state index contributed by atoms with van der Waals surface area (Å²) < 4.78 is 36.8. The van der Waals surface area contributed by atoms with E-state index in [0.29, 0.717) is 30.0 Å². The minimum Gasteiger partial charge on any atom is -0.489 e. The van der Waals surface area contributed by atoms with E-state index in [2.05, 4.69) is 10.9 Å². The second-order valence-electron chi connectivity index (χ2n) is 8.99. The highest BCUT2D eigenvalue weighted by Crippen LogP contribution is 2.42. The van der Waals surface area contributed by atoms with Gasteiger partial charge in [0.2, 0.25) is 0 Å². The summed E-state index contributed by atoms with van der Waals surface area (Å²) in [6, 6.07) is 13.9. The molecule has 3 unspecified atom stereocenters. The molecule has 2 fully saturated rings. The summed E-state index contributed by atoms with van der Waals surface area (Å²) in [4.78, 5) is 4.56. The first-order chi connectivity index (χ1) is 17.0. The summed E-state index contributed by atoms with van der Waals surface area (Å²) in [5.74, 6) is 2.45. The third kappa shape index (κ3) is 4.17.